The molecular formula is C30H50N7O18P3S. The number of unbranched alkanes of at least 4 members (excludes halogenated alkanes) is 1. The summed E-state index contributed by atoms with van der Waals surface area (Å²) in [6.07, 6.45) is -3.65. The van der Waals surface area contributed by atoms with E-state index < -0.39 is 84.6 Å². The number of nitrogens with one attached hydrogen (secondary N) is 2. The molecule has 25 nitrogen and oxygen atoms in total. The van der Waals surface area contributed by atoms with Crippen molar-refractivity contribution in [3.8, 4) is 0 Å². The monoisotopic (exact) mass is 921 g/mol. The number of thioether (sulfide) groups is 1. The number of carbonyl (C=O) groups is 4. The number of amides is 2. The number of ketones is 1. The van der Waals surface area contributed by atoms with Gasteiger partial charge in [0.15, 0.2) is 22.8 Å². The van der Waals surface area contributed by atoms with E-state index in [0.717, 1.165) is 41.8 Å². The number of carbonyl (C=O) groups excluding carboxylic acids is 4. The van der Waals surface area contributed by atoms with Crippen LogP contribution >= 0.6 is 35.2 Å². The Morgan fingerprint density at radius 2 is 1.66 bits per heavy atom. The van der Waals surface area contributed by atoms with Crippen LogP contribution in [0.1, 0.15) is 71.9 Å². The molecule has 1 aliphatic rings. The number of rotatable bonds is 26. The number of nitrogen functional groups attached to an aromatic ring is 1. The summed E-state index contributed by atoms with van der Waals surface area (Å²) in [6.45, 7) is 2.39. The number of hydrogen-bond donors (Lipinski definition) is 9. The van der Waals surface area contributed by atoms with E-state index in [4.69, 9.17) is 19.5 Å². The highest BCUT2D eigenvalue weighted by Crippen LogP contribution is 2.61. The van der Waals surface area contributed by atoms with Crippen molar-refractivity contribution in [1.82, 2.24) is 30.2 Å². The van der Waals surface area contributed by atoms with Gasteiger partial charge in [-0.05, 0) is 12.8 Å². The number of anilines is 1. The van der Waals surface area contributed by atoms with E-state index in [0.29, 0.717) is 25.0 Å². The lowest BCUT2D eigenvalue weighted by atomic mass is 9.87. The predicted molar refractivity (Wildman–Crippen MR) is 205 cm³/mol. The van der Waals surface area contributed by atoms with Gasteiger partial charge < -0.3 is 50.9 Å². The van der Waals surface area contributed by atoms with Crippen molar-refractivity contribution in [2.45, 2.75) is 96.4 Å². The molecule has 29 heteroatoms. The molecule has 2 amide bonds. The van der Waals surface area contributed by atoms with Crippen molar-refractivity contribution < 1.29 is 85.3 Å². The van der Waals surface area contributed by atoms with Gasteiger partial charge in [-0.3, -0.25) is 37.3 Å². The minimum absolute atomic E-state index is 0.0261. The Hall–Kier alpha value is -2.77. The zero-order valence-electron chi connectivity index (χ0n) is 32.2. The fraction of sp³-hybridized carbons (Fsp3) is 0.700. The van der Waals surface area contributed by atoms with Crippen LogP contribution in [0.5, 0.6) is 0 Å². The fourth-order valence-electron chi connectivity index (χ4n) is 5.30. The van der Waals surface area contributed by atoms with Gasteiger partial charge in [-0.1, -0.05) is 39.0 Å². The Bertz CT molecular complexity index is 1920. The number of nitrogens with zero attached hydrogens (tertiary/aromatic N) is 4. The number of nitrogens with two attached hydrogens (primary N) is 1. The zero-order valence-corrected chi connectivity index (χ0v) is 35.7. The molecule has 10 N–H and O–H groups in total. The number of hydrogen-bond acceptors (Lipinski definition) is 19. The van der Waals surface area contributed by atoms with Crippen molar-refractivity contribution in [3.05, 3.63) is 12.7 Å². The quantitative estimate of drug-likeness (QED) is 0.0460. The maximum absolute atomic E-state index is 12.7. The molecule has 0 radical (unpaired) electrons. The van der Waals surface area contributed by atoms with Gasteiger partial charge in [0.1, 0.15) is 42.0 Å². The summed E-state index contributed by atoms with van der Waals surface area (Å²) in [5.74, 6) is -1.06. The number of aliphatic hydroxyl groups is 2. The number of phosphoric ester groups is 3. The number of aliphatic hydroxyl groups excluding tert-OH is 2. The smallest absolute Gasteiger partial charge is 0.386 e. The molecule has 0 spiro atoms. The maximum atomic E-state index is 12.7. The van der Waals surface area contributed by atoms with E-state index in [2.05, 4.69) is 34.4 Å². The molecule has 0 bridgehead atoms. The highest BCUT2D eigenvalue weighted by Gasteiger charge is 2.50. The van der Waals surface area contributed by atoms with Gasteiger partial charge in [0.25, 0.3) is 0 Å². The summed E-state index contributed by atoms with van der Waals surface area (Å²) in [4.78, 5) is 99.4. The van der Waals surface area contributed by atoms with Crippen LogP contribution in [0.4, 0.5) is 5.82 Å². The lowest BCUT2D eigenvalue weighted by Gasteiger charge is -2.30. The van der Waals surface area contributed by atoms with Crippen LogP contribution in [0, 0.1) is 5.41 Å². The summed E-state index contributed by atoms with van der Waals surface area (Å²) >= 11 is 1.03. The van der Waals surface area contributed by atoms with E-state index in [-0.39, 0.29) is 53.8 Å². The minimum atomic E-state index is -5.58. The molecule has 2 aromatic heterocycles. The number of aromatic nitrogens is 4. The Balaban J connectivity index is 1.43. The zero-order chi connectivity index (χ0) is 44.2. The lowest BCUT2D eigenvalue weighted by molar-refractivity contribution is -0.137. The third kappa shape index (κ3) is 16.6. The molecule has 59 heavy (non-hydrogen) atoms. The van der Waals surface area contributed by atoms with Crippen molar-refractivity contribution in [1.29, 1.82) is 0 Å². The number of Topliss-reactive ketones (excluding diaryl/α,β-unsaturated/α-hetero) is 1. The molecule has 3 heterocycles. The van der Waals surface area contributed by atoms with E-state index in [1.807, 2.05) is 6.92 Å². The molecule has 1 fully saturated rings. The summed E-state index contributed by atoms with van der Waals surface area (Å²) in [6, 6.07) is 0. The normalized spacial score (nSPS) is 21.1. The standard InChI is InChI=1S/C30H50N7O18P3S/c1-4-5-7-18(38)8-6-9-21(40)59-13-12-32-20(39)10-11-33-28(43)25(42)30(2,3)15-52-58(49,50)55-57(47,48)51-14-19-24(54-56(44,45)46)23(41)29(53-19)37-17-36-22-26(31)34-16-35-27(22)37/h16-17,19,23-25,29,41-42H,4-15H2,1-3H3,(H,32,39)(H,33,43)(H,47,48)(H,49,50)(H2,31,34,35)(H2,44,45,46). The predicted octanol–water partition coefficient (Wildman–Crippen LogP) is 0.594. The van der Waals surface area contributed by atoms with Gasteiger partial charge in [-0.15, -0.1) is 0 Å². The van der Waals surface area contributed by atoms with Gasteiger partial charge in [-0.25, -0.2) is 28.6 Å². The van der Waals surface area contributed by atoms with E-state index in [9.17, 15) is 62.7 Å². The summed E-state index contributed by atoms with van der Waals surface area (Å²) in [5, 5.41) is 26.3. The van der Waals surface area contributed by atoms with Crippen LogP contribution < -0.4 is 16.4 Å². The summed E-state index contributed by atoms with van der Waals surface area (Å²) in [7, 11) is -16.4. The molecule has 7 unspecified atom stereocenters. The second-order valence-electron chi connectivity index (χ2n) is 13.8. The maximum Gasteiger partial charge on any atom is 0.481 e. The van der Waals surface area contributed by atoms with Crippen LogP contribution in [-0.4, -0.2) is 128 Å². The summed E-state index contributed by atoms with van der Waals surface area (Å²) in [5.41, 5.74) is 4.24. The molecule has 7 atom stereocenters. The van der Waals surface area contributed by atoms with Crippen LogP contribution in [-0.2, 0) is 55.5 Å². The number of fused-ring (bicyclic) bond motifs is 1. The Labute approximate surface area is 341 Å². The Morgan fingerprint density at radius 3 is 2.34 bits per heavy atom. The Kier molecular flexibility index (Phi) is 19.2. The van der Waals surface area contributed by atoms with Gasteiger partial charge in [0, 0.05) is 49.9 Å². The average Bonchev–Trinajstić information content (AvgIpc) is 3.70. The van der Waals surface area contributed by atoms with Crippen LogP contribution in [0.15, 0.2) is 12.7 Å². The highest BCUT2D eigenvalue weighted by atomic mass is 32.2. The van der Waals surface area contributed by atoms with Crippen molar-refractivity contribution >= 4 is 74.9 Å². The van der Waals surface area contributed by atoms with Crippen molar-refractivity contribution in [2.75, 3.05) is 37.8 Å². The molecule has 0 saturated carbocycles. The molecular weight excluding hydrogens is 871 g/mol. The van der Waals surface area contributed by atoms with E-state index in [1.54, 1.807) is 0 Å². The van der Waals surface area contributed by atoms with Gasteiger partial charge in [0.05, 0.1) is 19.5 Å². The second kappa shape index (κ2) is 22.4. The SMILES string of the molecule is CCCCC(=O)CCCC(=O)SCCNC(=O)CCNC(=O)C(O)C(C)(C)COP(=O)(O)OP(=O)(O)OCC1OC(n2cnc3c(N)ncnc32)C(O)C1OP(=O)(O)O. The lowest BCUT2D eigenvalue weighted by Crippen LogP contribution is -2.46. The van der Waals surface area contributed by atoms with E-state index in [1.165, 1.54) is 13.8 Å². The van der Waals surface area contributed by atoms with Gasteiger partial charge in [-0.2, -0.15) is 4.31 Å². The van der Waals surface area contributed by atoms with Crippen molar-refractivity contribution in [2.24, 2.45) is 5.41 Å². The van der Waals surface area contributed by atoms with Crippen molar-refractivity contribution in [3.63, 3.8) is 0 Å². The van der Waals surface area contributed by atoms with Crippen LogP contribution in [0.2, 0.25) is 0 Å². The average molecular weight is 922 g/mol. The number of ether oxygens (including phenoxy) is 1. The first kappa shape index (κ1) is 50.6. The van der Waals surface area contributed by atoms with Gasteiger partial charge in [0.2, 0.25) is 11.8 Å². The second-order valence-corrected chi connectivity index (χ2v) is 19.2. The first-order chi connectivity index (χ1) is 27.4. The minimum Gasteiger partial charge on any atom is -0.386 e. The topological polar surface area (TPSA) is 381 Å². The molecule has 1 aliphatic heterocycles. The molecule has 334 valence electrons. The first-order valence-electron chi connectivity index (χ1n) is 18.0. The molecule has 3 rings (SSSR count). The largest absolute Gasteiger partial charge is 0.481 e. The van der Waals surface area contributed by atoms with Gasteiger partial charge >= 0.3 is 23.5 Å². The van der Waals surface area contributed by atoms with E-state index >= 15 is 0 Å². The third-order valence-corrected chi connectivity index (χ3v) is 12.4. The molecule has 1 saturated heterocycles. The van der Waals surface area contributed by atoms with Crippen LogP contribution in [0.25, 0.3) is 11.2 Å². The molecule has 0 aromatic carbocycles. The first-order valence-corrected chi connectivity index (χ1v) is 23.5. The third-order valence-electron chi connectivity index (χ3n) is 8.41. The summed E-state index contributed by atoms with van der Waals surface area (Å²) < 4.78 is 62.1. The van der Waals surface area contributed by atoms with Crippen LogP contribution in [0.3, 0.4) is 0 Å². The number of imidazole rings is 1. The highest BCUT2D eigenvalue weighted by molar-refractivity contribution is 8.13. The molecule has 2 aromatic rings. The fourth-order valence-corrected chi connectivity index (χ4v) is 8.85. The Morgan fingerprint density at radius 1 is 0.983 bits per heavy atom. The molecule has 0 aliphatic carbocycles. The number of phosphoric acid groups is 3.